The second kappa shape index (κ2) is 8.22. The van der Waals surface area contributed by atoms with Crippen molar-refractivity contribution in [2.75, 3.05) is 5.32 Å². The summed E-state index contributed by atoms with van der Waals surface area (Å²) >= 11 is 1.40. The van der Waals surface area contributed by atoms with Crippen LogP contribution < -0.4 is 5.32 Å². The van der Waals surface area contributed by atoms with E-state index in [1.54, 1.807) is 12.3 Å². The molecule has 4 heterocycles. The van der Waals surface area contributed by atoms with Crippen LogP contribution in [0.15, 0.2) is 22.7 Å². The third kappa shape index (κ3) is 4.23. The number of carbonyl (C=O) groups excluding carboxylic acids is 1. The van der Waals surface area contributed by atoms with Crippen molar-refractivity contribution < 1.29 is 9.21 Å². The van der Waals surface area contributed by atoms with Gasteiger partial charge in [0, 0.05) is 18.0 Å². The van der Waals surface area contributed by atoms with Gasteiger partial charge in [0.25, 0.3) is 5.91 Å². The van der Waals surface area contributed by atoms with E-state index in [1.807, 2.05) is 38.4 Å². The average molecular weight is 439 g/mol. The quantitative estimate of drug-likeness (QED) is 0.445. The Morgan fingerprint density at radius 2 is 1.97 bits per heavy atom. The van der Waals surface area contributed by atoms with E-state index in [1.165, 1.54) is 11.3 Å². The number of hydrogen-bond donors (Lipinski definition) is 1. The number of carbonyl (C=O) groups is 1. The van der Waals surface area contributed by atoms with Crippen LogP contribution in [0.2, 0.25) is 0 Å². The number of pyridine rings is 1. The second-order valence-corrected chi connectivity index (χ2v) is 9.42. The van der Waals surface area contributed by atoms with Gasteiger partial charge in [-0.25, -0.2) is 9.67 Å². The zero-order chi connectivity index (χ0) is 22.3. The number of rotatable bonds is 6. The maximum Gasteiger partial charge on any atom is 0.258 e. The monoisotopic (exact) mass is 438 g/mol. The molecular formula is C22H26N6O2S. The average Bonchev–Trinajstić information content (AvgIpc) is 3.38. The fraction of sp³-hybridized carbons (Fsp3) is 0.409. The Kier molecular flexibility index (Phi) is 5.62. The second-order valence-electron chi connectivity index (χ2n) is 8.36. The van der Waals surface area contributed by atoms with Gasteiger partial charge in [0.05, 0.1) is 22.8 Å². The highest BCUT2D eigenvalue weighted by Gasteiger charge is 2.21. The summed E-state index contributed by atoms with van der Waals surface area (Å²) in [6, 6.07) is 3.83. The number of nitrogens with zero attached hydrogens (tertiary/aromatic N) is 5. The lowest BCUT2D eigenvalue weighted by molar-refractivity contribution is 0.102. The van der Waals surface area contributed by atoms with Crippen LogP contribution in [0.5, 0.6) is 0 Å². The molecule has 4 aromatic rings. The fourth-order valence-electron chi connectivity index (χ4n) is 3.51. The van der Waals surface area contributed by atoms with Crippen LogP contribution in [0, 0.1) is 19.8 Å². The third-order valence-corrected chi connectivity index (χ3v) is 5.75. The molecule has 0 fully saturated rings. The lowest BCUT2D eigenvalue weighted by Gasteiger charge is -2.10. The molecule has 0 unspecified atom stereocenters. The van der Waals surface area contributed by atoms with Crippen molar-refractivity contribution in [1.29, 1.82) is 0 Å². The van der Waals surface area contributed by atoms with Crippen molar-refractivity contribution in [3.05, 3.63) is 40.4 Å². The van der Waals surface area contributed by atoms with E-state index in [0.717, 1.165) is 28.5 Å². The van der Waals surface area contributed by atoms with E-state index in [0.29, 0.717) is 33.3 Å². The number of aromatic nitrogens is 5. The number of nitrogens with one attached hydrogen (secondary N) is 1. The molecule has 0 aliphatic rings. The van der Waals surface area contributed by atoms with Crippen LogP contribution in [0.3, 0.4) is 0 Å². The van der Waals surface area contributed by atoms with Crippen LogP contribution in [0.1, 0.15) is 60.6 Å². The smallest absolute Gasteiger partial charge is 0.258 e. The first kappa shape index (κ1) is 21.2. The van der Waals surface area contributed by atoms with Gasteiger partial charge < -0.3 is 4.42 Å². The van der Waals surface area contributed by atoms with Crippen molar-refractivity contribution in [3.63, 3.8) is 0 Å². The standard InChI is InChI=1S/C22H26N6O2S/c1-11(2)7-19-26-27-22(31-19)25-21(29)16-9-18(15-8-13(5)30-14(15)6)24-20-17(16)10-23-28(20)12(3)4/h8-12H,7H2,1-6H3,(H,25,27,29). The molecule has 162 valence electrons. The first-order valence-electron chi connectivity index (χ1n) is 10.3. The van der Waals surface area contributed by atoms with E-state index in [-0.39, 0.29) is 11.9 Å². The molecule has 0 spiro atoms. The summed E-state index contributed by atoms with van der Waals surface area (Å²) in [4.78, 5) is 18.1. The highest BCUT2D eigenvalue weighted by Crippen LogP contribution is 2.30. The molecular weight excluding hydrogens is 412 g/mol. The van der Waals surface area contributed by atoms with Gasteiger partial charge in [-0.2, -0.15) is 5.10 Å². The van der Waals surface area contributed by atoms with Crippen LogP contribution in [0.4, 0.5) is 5.13 Å². The molecule has 0 saturated carbocycles. The predicted molar refractivity (Wildman–Crippen MR) is 121 cm³/mol. The SMILES string of the molecule is Cc1cc(-c2cc(C(=O)Nc3nnc(CC(C)C)s3)c3cnn(C(C)C)c3n2)c(C)o1. The minimum Gasteiger partial charge on any atom is -0.466 e. The molecule has 0 saturated heterocycles. The van der Waals surface area contributed by atoms with E-state index in [2.05, 4.69) is 34.5 Å². The Labute approximate surface area is 184 Å². The molecule has 0 aliphatic carbocycles. The fourth-order valence-corrected chi connectivity index (χ4v) is 4.45. The van der Waals surface area contributed by atoms with Crippen LogP contribution >= 0.6 is 11.3 Å². The van der Waals surface area contributed by atoms with Crippen molar-refractivity contribution >= 4 is 33.4 Å². The molecule has 9 heteroatoms. The van der Waals surface area contributed by atoms with Gasteiger partial charge in [-0.3, -0.25) is 10.1 Å². The number of hydrogen-bond acceptors (Lipinski definition) is 7. The van der Waals surface area contributed by atoms with Crippen LogP contribution in [0.25, 0.3) is 22.3 Å². The minimum absolute atomic E-state index is 0.102. The summed E-state index contributed by atoms with van der Waals surface area (Å²) in [5.74, 6) is 1.77. The van der Waals surface area contributed by atoms with Crippen LogP contribution in [-0.2, 0) is 6.42 Å². The Hall–Kier alpha value is -3.07. The molecule has 0 bridgehead atoms. The Morgan fingerprint density at radius 1 is 1.19 bits per heavy atom. The van der Waals surface area contributed by atoms with Crippen molar-refractivity contribution in [3.8, 4) is 11.3 Å². The zero-order valence-electron chi connectivity index (χ0n) is 18.6. The Balaban J connectivity index is 1.77. The number of fused-ring (bicyclic) bond motifs is 1. The normalized spacial score (nSPS) is 11.7. The lowest BCUT2D eigenvalue weighted by Crippen LogP contribution is -2.13. The number of aryl methyl sites for hydroxylation is 2. The summed E-state index contributed by atoms with van der Waals surface area (Å²) in [5, 5.41) is 17.8. The van der Waals surface area contributed by atoms with E-state index >= 15 is 0 Å². The maximum atomic E-state index is 13.3. The Bertz CT molecular complexity index is 1250. The molecule has 0 atom stereocenters. The largest absolute Gasteiger partial charge is 0.466 e. The van der Waals surface area contributed by atoms with Gasteiger partial charge in [0.2, 0.25) is 5.13 Å². The first-order valence-corrected chi connectivity index (χ1v) is 11.1. The molecule has 4 aromatic heterocycles. The maximum absolute atomic E-state index is 13.3. The summed E-state index contributed by atoms with van der Waals surface area (Å²) in [5.41, 5.74) is 2.69. The topological polar surface area (TPSA) is 98.7 Å². The molecule has 0 aliphatic heterocycles. The van der Waals surface area contributed by atoms with E-state index in [4.69, 9.17) is 9.40 Å². The molecule has 0 radical (unpaired) electrons. The summed E-state index contributed by atoms with van der Waals surface area (Å²) in [6.45, 7) is 12.1. The summed E-state index contributed by atoms with van der Waals surface area (Å²) in [7, 11) is 0. The highest BCUT2D eigenvalue weighted by molar-refractivity contribution is 7.15. The van der Waals surface area contributed by atoms with Gasteiger partial charge in [0.1, 0.15) is 16.5 Å². The third-order valence-electron chi connectivity index (χ3n) is 4.89. The molecule has 31 heavy (non-hydrogen) atoms. The predicted octanol–water partition coefficient (Wildman–Crippen LogP) is 5.19. The van der Waals surface area contributed by atoms with Crippen molar-refractivity contribution in [1.82, 2.24) is 25.0 Å². The zero-order valence-corrected chi connectivity index (χ0v) is 19.4. The first-order chi connectivity index (χ1) is 14.7. The highest BCUT2D eigenvalue weighted by atomic mass is 32.1. The lowest BCUT2D eigenvalue weighted by atomic mass is 10.1. The molecule has 4 rings (SSSR count). The molecule has 1 N–H and O–H groups in total. The van der Waals surface area contributed by atoms with Crippen molar-refractivity contribution in [2.45, 2.75) is 54.0 Å². The minimum atomic E-state index is -0.262. The Morgan fingerprint density at radius 3 is 2.61 bits per heavy atom. The van der Waals surface area contributed by atoms with Gasteiger partial charge >= 0.3 is 0 Å². The van der Waals surface area contributed by atoms with Gasteiger partial charge in [-0.15, -0.1) is 10.2 Å². The summed E-state index contributed by atoms with van der Waals surface area (Å²) in [6.07, 6.45) is 2.52. The van der Waals surface area contributed by atoms with E-state index < -0.39 is 0 Å². The molecule has 1 amide bonds. The number of anilines is 1. The number of amides is 1. The number of furan rings is 1. The molecule has 8 nitrogen and oxygen atoms in total. The van der Waals surface area contributed by atoms with Crippen molar-refractivity contribution in [2.24, 2.45) is 5.92 Å². The van der Waals surface area contributed by atoms with E-state index in [9.17, 15) is 4.79 Å². The summed E-state index contributed by atoms with van der Waals surface area (Å²) < 4.78 is 7.51. The van der Waals surface area contributed by atoms with Gasteiger partial charge in [-0.05, 0) is 45.7 Å². The van der Waals surface area contributed by atoms with Gasteiger partial charge in [-0.1, -0.05) is 25.2 Å². The van der Waals surface area contributed by atoms with Gasteiger partial charge in [0.15, 0.2) is 5.65 Å². The van der Waals surface area contributed by atoms with Crippen LogP contribution in [-0.4, -0.2) is 30.9 Å². The molecule has 0 aromatic carbocycles.